The second kappa shape index (κ2) is 6.80. The molecule has 0 fully saturated rings. The first-order valence-corrected chi connectivity index (χ1v) is 4.06. The fourth-order valence-electron chi connectivity index (χ4n) is 1.05. The van der Waals surface area contributed by atoms with E-state index in [2.05, 4.69) is 34.1 Å². The minimum atomic E-state index is 0. The molecule has 0 atom stereocenters. The van der Waals surface area contributed by atoms with Gasteiger partial charge in [0, 0.05) is 39.6 Å². The van der Waals surface area contributed by atoms with Crippen LogP contribution in [0.1, 0.15) is 0 Å². The van der Waals surface area contributed by atoms with Gasteiger partial charge in [-0.3, -0.25) is 0 Å². The van der Waals surface area contributed by atoms with Gasteiger partial charge in [-0.2, -0.15) is 0 Å². The molecule has 0 N–H and O–H groups in total. The number of halogens is 2. The Hall–Kier alpha value is -0.600. The van der Waals surface area contributed by atoms with Crippen molar-refractivity contribution in [2.45, 2.75) is 0 Å². The Morgan fingerprint density at radius 1 is 0.643 bits per heavy atom. The Balaban J connectivity index is 0. The van der Waals surface area contributed by atoms with Crippen molar-refractivity contribution in [3.63, 3.8) is 0 Å². The van der Waals surface area contributed by atoms with E-state index < -0.39 is 0 Å². The summed E-state index contributed by atoms with van der Waals surface area (Å²) in [6.45, 7) is 0. The zero-order valence-electron chi connectivity index (χ0n) is 9.02. The highest BCUT2D eigenvalue weighted by atomic mass is 35.5. The van der Waals surface area contributed by atoms with E-state index in [1.165, 1.54) is 11.4 Å². The van der Waals surface area contributed by atoms with Crippen LogP contribution in [0.2, 0.25) is 0 Å². The lowest BCUT2D eigenvalue weighted by atomic mass is 10.2. The third-order valence-electron chi connectivity index (χ3n) is 1.88. The van der Waals surface area contributed by atoms with Crippen LogP contribution < -0.4 is 9.80 Å². The molecule has 0 spiro atoms. The third kappa shape index (κ3) is 4.07. The van der Waals surface area contributed by atoms with Crippen molar-refractivity contribution in [1.82, 2.24) is 0 Å². The minimum absolute atomic E-state index is 0. The van der Waals surface area contributed by atoms with E-state index in [0.717, 1.165) is 0 Å². The van der Waals surface area contributed by atoms with Gasteiger partial charge in [0.25, 0.3) is 0 Å². The molecule has 0 radical (unpaired) electrons. The summed E-state index contributed by atoms with van der Waals surface area (Å²) >= 11 is 0. The van der Waals surface area contributed by atoms with Gasteiger partial charge in [-0.1, -0.05) is 0 Å². The maximum atomic E-state index is 2.12. The van der Waals surface area contributed by atoms with Gasteiger partial charge in [-0.25, -0.2) is 0 Å². The maximum absolute atomic E-state index is 2.12. The predicted molar refractivity (Wildman–Crippen MR) is 69.6 cm³/mol. The molecule has 1 aromatic carbocycles. The summed E-state index contributed by atoms with van der Waals surface area (Å²) in [6.07, 6.45) is 0. The van der Waals surface area contributed by atoms with Gasteiger partial charge >= 0.3 is 0 Å². The van der Waals surface area contributed by atoms with E-state index in [0.29, 0.717) is 0 Å². The molecule has 0 aliphatic carbocycles. The average molecular weight is 237 g/mol. The highest BCUT2D eigenvalue weighted by molar-refractivity contribution is 5.85. The topological polar surface area (TPSA) is 6.48 Å². The lowest BCUT2D eigenvalue weighted by Crippen LogP contribution is -2.10. The summed E-state index contributed by atoms with van der Waals surface area (Å²) in [5.41, 5.74) is 2.47. The van der Waals surface area contributed by atoms with Crippen LogP contribution in [0, 0.1) is 0 Å². The Labute approximate surface area is 98.7 Å². The van der Waals surface area contributed by atoms with Crippen molar-refractivity contribution in [1.29, 1.82) is 0 Å². The molecule has 0 aliphatic rings. The predicted octanol–water partition coefficient (Wildman–Crippen LogP) is 2.66. The Morgan fingerprint density at radius 3 is 1.00 bits per heavy atom. The summed E-state index contributed by atoms with van der Waals surface area (Å²) in [6, 6.07) is 8.48. The zero-order chi connectivity index (χ0) is 9.14. The highest BCUT2D eigenvalue weighted by Crippen LogP contribution is 2.16. The zero-order valence-corrected chi connectivity index (χ0v) is 10.7. The molecule has 0 amide bonds. The summed E-state index contributed by atoms with van der Waals surface area (Å²) < 4.78 is 0. The van der Waals surface area contributed by atoms with Gasteiger partial charge < -0.3 is 9.80 Å². The van der Waals surface area contributed by atoms with Gasteiger partial charge in [0.2, 0.25) is 0 Å². The number of nitrogens with zero attached hydrogens (tertiary/aromatic N) is 2. The first kappa shape index (κ1) is 15.9. The Morgan fingerprint density at radius 2 is 0.857 bits per heavy atom. The molecule has 4 heteroatoms. The van der Waals surface area contributed by atoms with E-state index in [-0.39, 0.29) is 24.8 Å². The lowest BCUT2D eigenvalue weighted by molar-refractivity contribution is 1.11. The largest absolute Gasteiger partial charge is 0.378 e. The summed E-state index contributed by atoms with van der Waals surface area (Å²) in [5.74, 6) is 0. The van der Waals surface area contributed by atoms with E-state index in [1.807, 2.05) is 28.2 Å². The monoisotopic (exact) mass is 236 g/mol. The molecule has 0 aromatic heterocycles. The first-order chi connectivity index (χ1) is 5.61. The van der Waals surface area contributed by atoms with Crippen LogP contribution in [-0.2, 0) is 0 Å². The molecule has 0 saturated carbocycles. The number of benzene rings is 1. The van der Waals surface area contributed by atoms with Crippen molar-refractivity contribution in [2.75, 3.05) is 38.0 Å². The molecule has 14 heavy (non-hydrogen) atoms. The maximum Gasteiger partial charge on any atom is 0.0362 e. The van der Waals surface area contributed by atoms with Crippen LogP contribution in [0.25, 0.3) is 0 Å². The lowest BCUT2D eigenvalue weighted by Gasteiger charge is -2.16. The van der Waals surface area contributed by atoms with Crippen molar-refractivity contribution in [3.05, 3.63) is 24.3 Å². The van der Waals surface area contributed by atoms with Crippen molar-refractivity contribution in [2.24, 2.45) is 0 Å². The van der Waals surface area contributed by atoms with Gasteiger partial charge in [0.05, 0.1) is 0 Å². The molecule has 1 rings (SSSR count). The van der Waals surface area contributed by atoms with Crippen molar-refractivity contribution in [3.8, 4) is 0 Å². The van der Waals surface area contributed by atoms with Gasteiger partial charge in [0.1, 0.15) is 0 Å². The molecule has 0 aliphatic heterocycles. The molecule has 1 aromatic rings. The SMILES string of the molecule is CN(C)c1ccc(N(C)C)cc1.Cl.Cl. The van der Waals surface area contributed by atoms with E-state index >= 15 is 0 Å². The minimum Gasteiger partial charge on any atom is -0.378 e. The summed E-state index contributed by atoms with van der Waals surface area (Å²) in [4.78, 5) is 4.19. The third-order valence-corrected chi connectivity index (χ3v) is 1.88. The van der Waals surface area contributed by atoms with Crippen molar-refractivity contribution >= 4 is 36.2 Å². The van der Waals surface area contributed by atoms with Crippen LogP contribution in [0.15, 0.2) is 24.3 Å². The number of hydrogen-bond acceptors (Lipinski definition) is 2. The van der Waals surface area contributed by atoms with Crippen LogP contribution in [0.3, 0.4) is 0 Å². The second-order valence-electron chi connectivity index (χ2n) is 3.31. The van der Waals surface area contributed by atoms with Crippen LogP contribution in [-0.4, -0.2) is 28.2 Å². The average Bonchev–Trinajstić information content (AvgIpc) is 2.04. The van der Waals surface area contributed by atoms with Crippen LogP contribution in [0.5, 0.6) is 0 Å². The molecular formula is C10H18Cl2N2. The summed E-state index contributed by atoms with van der Waals surface area (Å²) in [7, 11) is 8.19. The molecule has 0 bridgehead atoms. The smallest absolute Gasteiger partial charge is 0.0362 e. The number of rotatable bonds is 2. The normalized spacial score (nSPS) is 8.29. The first-order valence-electron chi connectivity index (χ1n) is 4.06. The quantitative estimate of drug-likeness (QED) is 0.780. The molecule has 0 saturated heterocycles. The summed E-state index contributed by atoms with van der Waals surface area (Å²) in [5, 5.41) is 0. The fourth-order valence-corrected chi connectivity index (χ4v) is 1.05. The standard InChI is InChI=1S/C10H16N2.2ClH/c1-11(2)9-5-7-10(8-6-9)12(3)4;;/h5-8H,1-4H3;2*1H. The van der Waals surface area contributed by atoms with Gasteiger partial charge in [-0.05, 0) is 24.3 Å². The Kier molecular flexibility index (Phi) is 7.69. The number of hydrogen-bond donors (Lipinski definition) is 0. The van der Waals surface area contributed by atoms with Gasteiger partial charge in [-0.15, -0.1) is 24.8 Å². The van der Waals surface area contributed by atoms with E-state index in [1.54, 1.807) is 0 Å². The molecule has 2 nitrogen and oxygen atoms in total. The van der Waals surface area contributed by atoms with E-state index in [4.69, 9.17) is 0 Å². The number of anilines is 2. The van der Waals surface area contributed by atoms with Crippen molar-refractivity contribution < 1.29 is 0 Å². The molecule has 82 valence electrons. The van der Waals surface area contributed by atoms with Crippen LogP contribution >= 0.6 is 24.8 Å². The molecule has 0 heterocycles. The van der Waals surface area contributed by atoms with E-state index in [9.17, 15) is 0 Å². The highest BCUT2D eigenvalue weighted by Gasteiger charge is 1.96. The van der Waals surface area contributed by atoms with Crippen LogP contribution in [0.4, 0.5) is 11.4 Å². The fraction of sp³-hybridized carbons (Fsp3) is 0.400. The Bertz CT molecular complexity index is 218. The molecule has 0 unspecified atom stereocenters. The second-order valence-corrected chi connectivity index (χ2v) is 3.31. The molecular weight excluding hydrogens is 219 g/mol. The van der Waals surface area contributed by atoms with Gasteiger partial charge in [0.15, 0.2) is 0 Å².